The van der Waals surface area contributed by atoms with Gasteiger partial charge in [0.25, 0.3) is 0 Å². The van der Waals surface area contributed by atoms with Crippen molar-refractivity contribution in [2.75, 3.05) is 26.3 Å². The molecule has 1 aromatic rings. The molecule has 1 aromatic carbocycles. The van der Waals surface area contributed by atoms with Crippen molar-refractivity contribution in [1.29, 1.82) is 0 Å². The molecule has 1 N–H and O–H groups in total. The number of hydrogen-bond acceptors (Lipinski definition) is 4. The van der Waals surface area contributed by atoms with Gasteiger partial charge in [-0.05, 0) is 25.5 Å². The number of benzene rings is 1. The van der Waals surface area contributed by atoms with Crippen LogP contribution >= 0.6 is 11.8 Å². The molecule has 5 nitrogen and oxygen atoms in total. The van der Waals surface area contributed by atoms with Gasteiger partial charge in [-0.1, -0.05) is 25.1 Å². The zero-order valence-electron chi connectivity index (χ0n) is 13.7. The molecular formula is C17H24N2O3S. The SMILES string of the molecule is CCC(Sc1ccccc1)C(=O)NC(C)C(=O)N1CCOCC1. The van der Waals surface area contributed by atoms with E-state index in [0.717, 1.165) is 4.90 Å². The Morgan fingerprint density at radius 3 is 2.52 bits per heavy atom. The molecule has 1 aliphatic heterocycles. The van der Waals surface area contributed by atoms with Crippen LogP contribution in [0.2, 0.25) is 0 Å². The van der Waals surface area contributed by atoms with Crippen LogP contribution in [0.1, 0.15) is 20.3 Å². The minimum absolute atomic E-state index is 0.0405. The molecule has 0 saturated carbocycles. The monoisotopic (exact) mass is 336 g/mol. The zero-order chi connectivity index (χ0) is 16.7. The lowest BCUT2D eigenvalue weighted by atomic mass is 10.2. The number of morpholine rings is 1. The van der Waals surface area contributed by atoms with Gasteiger partial charge in [0.15, 0.2) is 0 Å². The molecule has 2 amide bonds. The van der Waals surface area contributed by atoms with Crippen molar-refractivity contribution in [3.05, 3.63) is 30.3 Å². The van der Waals surface area contributed by atoms with Crippen LogP contribution in [0, 0.1) is 0 Å². The van der Waals surface area contributed by atoms with Crippen LogP contribution in [0.4, 0.5) is 0 Å². The average molecular weight is 336 g/mol. The molecule has 2 unspecified atom stereocenters. The standard InChI is InChI=1S/C17H24N2O3S/c1-3-15(23-14-7-5-4-6-8-14)16(20)18-13(2)17(21)19-9-11-22-12-10-19/h4-8,13,15H,3,9-12H2,1-2H3,(H,18,20). The molecule has 1 saturated heterocycles. The Morgan fingerprint density at radius 1 is 1.26 bits per heavy atom. The van der Waals surface area contributed by atoms with Crippen LogP contribution in [0.3, 0.4) is 0 Å². The van der Waals surface area contributed by atoms with E-state index in [-0.39, 0.29) is 17.1 Å². The summed E-state index contributed by atoms with van der Waals surface area (Å²) in [7, 11) is 0. The molecule has 6 heteroatoms. The molecule has 0 spiro atoms. The van der Waals surface area contributed by atoms with E-state index in [2.05, 4.69) is 5.32 Å². The molecule has 2 rings (SSSR count). The highest BCUT2D eigenvalue weighted by Gasteiger charge is 2.26. The summed E-state index contributed by atoms with van der Waals surface area (Å²) in [6.07, 6.45) is 0.712. The van der Waals surface area contributed by atoms with Crippen LogP contribution in [-0.4, -0.2) is 54.3 Å². The van der Waals surface area contributed by atoms with Crippen LogP contribution in [0.15, 0.2) is 35.2 Å². The molecule has 2 atom stereocenters. The minimum Gasteiger partial charge on any atom is -0.378 e. The lowest BCUT2D eigenvalue weighted by Gasteiger charge is -2.30. The van der Waals surface area contributed by atoms with Gasteiger partial charge in [-0.3, -0.25) is 9.59 Å². The van der Waals surface area contributed by atoms with Crippen LogP contribution in [0.5, 0.6) is 0 Å². The van der Waals surface area contributed by atoms with Gasteiger partial charge in [-0.2, -0.15) is 0 Å². The van der Waals surface area contributed by atoms with E-state index < -0.39 is 6.04 Å². The summed E-state index contributed by atoms with van der Waals surface area (Å²) in [6.45, 7) is 6.04. The number of carbonyl (C=O) groups is 2. The maximum Gasteiger partial charge on any atom is 0.245 e. The van der Waals surface area contributed by atoms with E-state index in [1.165, 1.54) is 11.8 Å². The van der Waals surface area contributed by atoms with Gasteiger partial charge in [0.1, 0.15) is 6.04 Å². The van der Waals surface area contributed by atoms with E-state index in [4.69, 9.17) is 4.74 Å². The fraction of sp³-hybridized carbons (Fsp3) is 0.529. The molecule has 23 heavy (non-hydrogen) atoms. The maximum atomic E-state index is 12.4. The first-order valence-electron chi connectivity index (χ1n) is 8.00. The summed E-state index contributed by atoms with van der Waals surface area (Å²) < 4.78 is 5.25. The highest BCUT2D eigenvalue weighted by molar-refractivity contribution is 8.00. The first-order chi connectivity index (χ1) is 11.1. The van der Waals surface area contributed by atoms with E-state index in [9.17, 15) is 9.59 Å². The highest BCUT2D eigenvalue weighted by atomic mass is 32.2. The van der Waals surface area contributed by atoms with Crippen LogP contribution in [-0.2, 0) is 14.3 Å². The maximum absolute atomic E-state index is 12.4. The highest BCUT2D eigenvalue weighted by Crippen LogP contribution is 2.25. The van der Waals surface area contributed by atoms with Crippen molar-refractivity contribution in [2.45, 2.75) is 36.5 Å². The smallest absolute Gasteiger partial charge is 0.245 e. The Bertz CT molecular complexity index is 518. The molecular weight excluding hydrogens is 312 g/mol. The van der Waals surface area contributed by atoms with Gasteiger partial charge in [-0.15, -0.1) is 11.8 Å². The molecule has 126 valence electrons. The first kappa shape index (κ1) is 17.8. The fourth-order valence-electron chi connectivity index (χ4n) is 2.41. The number of nitrogens with one attached hydrogen (secondary N) is 1. The number of hydrogen-bond donors (Lipinski definition) is 1. The molecule has 1 heterocycles. The number of amides is 2. The van der Waals surface area contributed by atoms with Gasteiger partial charge in [0.05, 0.1) is 18.5 Å². The van der Waals surface area contributed by atoms with Crippen molar-refractivity contribution < 1.29 is 14.3 Å². The van der Waals surface area contributed by atoms with E-state index in [1.54, 1.807) is 11.8 Å². The van der Waals surface area contributed by atoms with Gasteiger partial charge < -0.3 is 15.0 Å². The molecule has 1 fully saturated rings. The quantitative estimate of drug-likeness (QED) is 0.807. The number of carbonyl (C=O) groups excluding carboxylic acids is 2. The molecule has 1 aliphatic rings. The Morgan fingerprint density at radius 2 is 1.91 bits per heavy atom. The Labute approximate surface area is 141 Å². The van der Waals surface area contributed by atoms with Crippen molar-refractivity contribution >= 4 is 23.6 Å². The Kier molecular flexibility index (Phi) is 6.92. The summed E-state index contributed by atoms with van der Waals surface area (Å²) in [4.78, 5) is 27.6. The number of nitrogens with zero attached hydrogens (tertiary/aromatic N) is 1. The summed E-state index contributed by atoms with van der Waals surface area (Å²) >= 11 is 1.53. The average Bonchev–Trinajstić information content (AvgIpc) is 2.60. The predicted molar refractivity (Wildman–Crippen MR) is 91.4 cm³/mol. The normalized spacial score (nSPS) is 17.4. The predicted octanol–water partition coefficient (Wildman–Crippen LogP) is 1.92. The topological polar surface area (TPSA) is 58.6 Å². The Hall–Kier alpha value is -1.53. The molecule has 0 aliphatic carbocycles. The Balaban J connectivity index is 1.89. The second-order valence-corrected chi connectivity index (χ2v) is 6.77. The summed E-state index contributed by atoms with van der Waals surface area (Å²) in [5.74, 6) is -0.128. The minimum atomic E-state index is -0.508. The van der Waals surface area contributed by atoms with Gasteiger partial charge in [0, 0.05) is 18.0 Å². The van der Waals surface area contributed by atoms with E-state index in [1.807, 2.05) is 37.3 Å². The fourth-order valence-corrected chi connectivity index (χ4v) is 3.40. The molecule has 0 radical (unpaired) electrons. The van der Waals surface area contributed by atoms with Crippen LogP contribution < -0.4 is 5.32 Å². The van der Waals surface area contributed by atoms with Crippen LogP contribution in [0.25, 0.3) is 0 Å². The van der Waals surface area contributed by atoms with Gasteiger partial charge in [0.2, 0.25) is 11.8 Å². The second-order valence-electron chi connectivity index (χ2n) is 5.50. The lowest BCUT2D eigenvalue weighted by molar-refractivity contribution is -0.139. The third kappa shape index (κ3) is 5.25. The van der Waals surface area contributed by atoms with Crippen molar-refractivity contribution in [3.8, 4) is 0 Å². The summed E-state index contributed by atoms with van der Waals surface area (Å²) in [5.41, 5.74) is 0. The van der Waals surface area contributed by atoms with Gasteiger partial charge >= 0.3 is 0 Å². The van der Waals surface area contributed by atoms with Gasteiger partial charge in [-0.25, -0.2) is 0 Å². The summed E-state index contributed by atoms with van der Waals surface area (Å²) in [6, 6.07) is 9.33. The summed E-state index contributed by atoms with van der Waals surface area (Å²) in [5, 5.41) is 2.66. The number of rotatable bonds is 6. The number of thioether (sulfide) groups is 1. The van der Waals surface area contributed by atoms with Crippen molar-refractivity contribution in [3.63, 3.8) is 0 Å². The molecule has 0 aromatic heterocycles. The van der Waals surface area contributed by atoms with Crippen molar-refractivity contribution in [2.24, 2.45) is 0 Å². The van der Waals surface area contributed by atoms with E-state index in [0.29, 0.717) is 32.7 Å². The lowest BCUT2D eigenvalue weighted by Crippen LogP contribution is -2.51. The largest absolute Gasteiger partial charge is 0.378 e. The van der Waals surface area contributed by atoms with Crippen molar-refractivity contribution in [1.82, 2.24) is 10.2 Å². The zero-order valence-corrected chi connectivity index (χ0v) is 14.5. The number of ether oxygens (including phenoxy) is 1. The third-order valence-electron chi connectivity index (χ3n) is 3.74. The second kappa shape index (κ2) is 8.93. The molecule has 0 bridgehead atoms. The third-order valence-corrected chi connectivity index (χ3v) is 5.11. The van der Waals surface area contributed by atoms with E-state index >= 15 is 0 Å². The first-order valence-corrected chi connectivity index (χ1v) is 8.88.